The van der Waals surface area contributed by atoms with Gasteiger partial charge < -0.3 is 9.84 Å². The highest BCUT2D eigenvalue weighted by atomic mass is 19.1. The first-order valence-electron chi connectivity index (χ1n) is 11.0. The lowest BCUT2D eigenvalue weighted by Crippen LogP contribution is -2.45. The molecule has 4 heteroatoms. The maximum atomic E-state index is 13.6. The average molecular weight is 400 g/mol. The number of halogens is 1. The topological polar surface area (TPSA) is 32.7 Å². The number of unbranched alkanes of at least 4 members (excludes halogenated alkanes) is 3. The molecule has 0 unspecified atom stereocenters. The third kappa shape index (κ3) is 5.88. The van der Waals surface area contributed by atoms with Crippen molar-refractivity contribution in [3.8, 4) is 0 Å². The molecule has 1 saturated heterocycles. The molecule has 0 aromatic heterocycles. The van der Waals surface area contributed by atoms with E-state index in [1.165, 1.54) is 18.6 Å². The molecule has 0 amide bonds. The molecule has 158 valence electrons. The van der Waals surface area contributed by atoms with E-state index in [1.54, 1.807) is 12.1 Å². The highest BCUT2D eigenvalue weighted by Gasteiger charge is 2.40. The molecule has 3 rings (SSSR count). The smallest absolute Gasteiger partial charge is 0.123 e. The lowest BCUT2D eigenvalue weighted by molar-refractivity contribution is -0.0296. The summed E-state index contributed by atoms with van der Waals surface area (Å²) in [5.41, 5.74) is 0.889. The van der Waals surface area contributed by atoms with Gasteiger partial charge >= 0.3 is 0 Å². The first-order chi connectivity index (χ1) is 14.1. The summed E-state index contributed by atoms with van der Waals surface area (Å²) in [7, 11) is 0. The molecule has 2 aromatic carbocycles. The summed E-state index contributed by atoms with van der Waals surface area (Å²) in [6, 6.07) is 16.7. The molecule has 0 bridgehead atoms. The number of morpholine rings is 1. The van der Waals surface area contributed by atoms with Gasteiger partial charge in [-0.25, -0.2) is 4.39 Å². The maximum absolute atomic E-state index is 13.6. The van der Waals surface area contributed by atoms with Crippen molar-refractivity contribution in [3.05, 3.63) is 71.5 Å². The number of ether oxygens (including phenoxy) is 1. The van der Waals surface area contributed by atoms with Gasteiger partial charge in [-0.05, 0) is 29.7 Å². The van der Waals surface area contributed by atoms with Crippen LogP contribution in [0.5, 0.6) is 0 Å². The van der Waals surface area contributed by atoms with Crippen molar-refractivity contribution in [1.82, 2.24) is 4.90 Å². The number of nitrogens with zero attached hydrogens (tertiary/aromatic N) is 1. The van der Waals surface area contributed by atoms with Crippen molar-refractivity contribution < 1.29 is 14.2 Å². The Morgan fingerprint density at radius 3 is 2.34 bits per heavy atom. The fourth-order valence-corrected chi connectivity index (χ4v) is 4.34. The van der Waals surface area contributed by atoms with Crippen LogP contribution in [0.25, 0.3) is 0 Å². The Labute approximate surface area is 174 Å². The van der Waals surface area contributed by atoms with Gasteiger partial charge in [0.05, 0.1) is 18.8 Å². The minimum absolute atomic E-state index is 0.0890. The van der Waals surface area contributed by atoms with Crippen LogP contribution in [0.2, 0.25) is 0 Å². The van der Waals surface area contributed by atoms with Crippen molar-refractivity contribution in [2.75, 3.05) is 32.8 Å². The highest BCUT2D eigenvalue weighted by molar-refractivity contribution is 5.32. The van der Waals surface area contributed by atoms with E-state index in [0.29, 0.717) is 6.42 Å². The van der Waals surface area contributed by atoms with Crippen molar-refractivity contribution in [2.45, 2.75) is 50.5 Å². The predicted octanol–water partition coefficient (Wildman–Crippen LogP) is 5.10. The monoisotopic (exact) mass is 399 g/mol. The third-order valence-electron chi connectivity index (χ3n) is 6.08. The second kappa shape index (κ2) is 10.9. The van der Waals surface area contributed by atoms with Crippen molar-refractivity contribution in [1.29, 1.82) is 0 Å². The molecule has 29 heavy (non-hydrogen) atoms. The van der Waals surface area contributed by atoms with E-state index in [-0.39, 0.29) is 11.7 Å². The zero-order valence-electron chi connectivity index (χ0n) is 17.5. The molecule has 1 fully saturated rings. The van der Waals surface area contributed by atoms with E-state index in [1.807, 2.05) is 18.2 Å². The van der Waals surface area contributed by atoms with E-state index < -0.39 is 5.60 Å². The van der Waals surface area contributed by atoms with Gasteiger partial charge in [0.1, 0.15) is 5.82 Å². The zero-order chi connectivity index (χ0) is 20.5. The molecule has 1 aliphatic rings. The number of benzene rings is 2. The molecule has 0 aliphatic carbocycles. The summed E-state index contributed by atoms with van der Waals surface area (Å²) in [6.45, 7) is 6.16. The normalized spacial score (nSPS) is 18.3. The quantitative estimate of drug-likeness (QED) is 0.564. The van der Waals surface area contributed by atoms with Gasteiger partial charge in [-0.2, -0.15) is 0 Å². The fourth-order valence-electron chi connectivity index (χ4n) is 4.34. The molecule has 1 N–H and O–H groups in total. The summed E-state index contributed by atoms with van der Waals surface area (Å²) in [5.74, 6) is -0.361. The Morgan fingerprint density at radius 2 is 1.69 bits per heavy atom. The Morgan fingerprint density at radius 1 is 1.00 bits per heavy atom. The Hall–Kier alpha value is -1.75. The number of aliphatic hydroxyl groups is 1. The third-order valence-corrected chi connectivity index (χ3v) is 6.08. The molecule has 0 radical (unpaired) electrons. The van der Waals surface area contributed by atoms with Gasteiger partial charge in [-0.15, -0.1) is 0 Å². The van der Waals surface area contributed by atoms with E-state index in [0.717, 1.165) is 63.2 Å². The number of rotatable bonds is 10. The predicted molar refractivity (Wildman–Crippen MR) is 115 cm³/mol. The SMILES string of the molecule is CCCCCC[C@](O)(c1ccc(F)cc1)[C@H](CN1CCOCC1)c1ccccc1. The van der Waals surface area contributed by atoms with Crippen molar-refractivity contribution in [3.63, 3.8) is 0 Å². The van der Waals surface area contributed by atoms with Crippen LogP contribution in [-0.4, -0.2) is 42.9 Å². The Balaban J connectivity index is 1.94. The Bertz CT molecular complexity index is 715. The van der Waals surface area contributed by atoms with Gasteiger partial charge in [0.15, 0.2) is 0 Å². The highest BCUT2D eigenvalue weighted by Crippen LogP contribution is 2.42. The van der Waals surface area contributed by atoms with Crippen LogP contribution >= 0.6 is 0 Å². The lowest BCUT2D eigenvalue weighted by Gasteiger charge is -2.41. The number of hydrogen-bond acceptors (Lipinski definition) is 3. The van der Waals surface area contributed by atoms with E-state index in [9.17, 15) is 9.50 Å². The van der Waals surface area contributed by atoms with Gasteiger partial charge in [-0.1, -0.05) is 75.1 Å². The molecular formula is C25H34FNO2. The molecule has 3 nitrogen and oxygen atoms in total. The summed E-state index contributed by atoms with van der Waals surface area (Å²) in [5, 5.41) is 12.1. The van der Waals surface area contributed by atoms with Crippen LogP contribution < -0.4 is 0 Å². The molecule has 1 aliphatic heterocycles. The molecule has 2 atom stereocenters. The van der Waals surface area contributed by atoms with Gasteiger partial charge in [-0.3, -0.25) is 4.90 Å². The Kier molecular flexibility index (Phi) is 8.22. The van der Waals surface area contributed by atoms with Crippen LogP contribution in [0.1, 0.15) is 56.1 Å². The lowest BCUT2D eigenvalue weighted by atomic mass is 9.74. The first kappa shape index (κ1) is 21.9. The van der Waals surface area contributed by atoms with Crippen molar-refractivity contribution in [2.24, 2.45) is 0 Å². The fraction of sp³-hybridized carbons (Fsp3) is 0.520. The van der Waals surface area contributed by atoms with E-state index in [2.05, 4.69) is 24.0 Å². The molecule has 0 spiro atoms. The van der Waals surface area contributed by atoms with Gasteiger partial charge in [0.2, 0.25) is 0 Å². The van der Waals surface area contributed by atoms with E-state index in [4.69, 9.17) is 4.74 Å². The van der Waals surface area contributed by atoms with Gasteiger partial charge in [0, 0.05) is 25.6 Å². The second-order valence-electron chi connectivity index (χ2n) is 8.12. The average Bonchev–Trinajstić information content (AvgIpc) is 2.77. The summed E-state index contributed by atoms with van der Waals surface area (Å²) in [4.78, 5) is 2.38. The van der Waals surface area contributed by atoms with E-state index >= 15 is 0 Å². The maximum Gasteiger partial charge on any atom is 0.123 e. The largest absolute Gasteiger partial charge is 0.384 e. The number of hydrogen-bond donors (Lipinski definition) is 1. The molecular weight excluding hydrogens is 365 g/mol. The van der Waals surface area contributed by atoms with Crippen LogP contribution in [0.4, 0.5) is 4.39 Å². The molecule has 0 saturated carbocycles. The first-order valence-corrected chi connectivity index (χ1v) is 11.0. The summed E-state index contributed by atoms with van der Waals surface area (Å²) in [6.07, 6.45) is 5.04. The second-order valence-corrected chi connectivity index (χ2v) is 8.12. The van der Waals surface area contributed by atoms with Gasteiger partial charge in [0.25, 0.3) is 0 Å². The van der Waals surface area contributed by atoms with Crippen LogP contribution in [0.3, 0.4) is 0 Å². The zero-order valence-corrected chi connectivity index (χ0v) is 17.5. The van der Waals surface area contributed by atoms with Crippen molar-refractivity contribution >= 4 is 0 Å². The van der Waals surface area contributed by atoms with Crippen LogP contribution in [0, 0.1) is 5.82 Å². The minimum atomic E-state index is -1.04. The standard InChI is InChI=1S/C25H34FNO2/c1-2-3-4-8-15-25(28,22-11-13-23(26)14-12-22)24(21-9-6-5-7-10-21)20-27-16-18-29-19-17-27/h5-7,9-14,24,28H,2-4,8,15-20H2,1H3/t24-,25+/m1/s1. The summed E-state index contributed by atoms with van der Waals surface area (Å²) < 4.78 is 19.1. The van der Waals surface area contributed by atoms with Crippen LogP contribution in [0.15, 0.2) is 54.6 Å². The molecule has 2 aromatic rings. The molecule has 1 heterocycles. The minimum Gasteiger partial charge on any atom is -0.384 e. The summed E-state index contributed by atoms with van der Waals surface area (Å²) >= 11 is 0. The van der Waals surface area contributed by atoms with Crippen LogP contribution in [-0.2, 0) is 10.3 Å².